The minimum atomic E-state index is -0.699. The first-order valence-electron chi connectivity index (χ1n) is 15.9. The van der Waals surface area contributed by atoms with Gasteiger partial charge in [0.15, 0.2) is 0 Å². The van der Waals surface area contributed by atoms with Crippen LogP contribution in [-0.2, 0) is 10.3 Å². The van der Waals surface area contributed by atoms with Crippen molar-refractivity contribution in [2.75, 3.05) is 0 Å². The number of hydrogen-bond acceptors (Lipinski definition) is 3. The van der Waals surface area contributed by atoms with E-state index < -0.39 is 4.93 Å². The second kappa shape index (κ2) is 9.16. The second-order valence-corrected chi connectivity index (χ2v) is 14.7. The van der Waals surface area contributed by atoms with Crippen molar-refractivity contribution < 1.29 is 9.84 Å². The number of rotatable bonds is 2. The summed E-state index contributed by atoms with van der Waals surface area (Å²) in [6.45, 7) is 4.35. The number of fused-ring (bicyclic) bond motifs is 9. The van der Waals surface area contributed by atoms with Crippen LogP contribution in [0.1, 0.15) is 71.9 Å². The van der Waals surface area contributed by atoms with Gasteiger partial charge in [-0.15, -0.1) is 0 Å². The summed E-state index contributed by atoms with van der Waals surface area (Å²) in [5.41, 5.74) is 10.2. The number of phenols is 1. The third-order valence-electron chi connectivity index (χ3n) is 11.2. The standard InChI is InChI=1S/C40H36O2S/c1-24-11-3-8-16-31(24)40(32-17-9-4-12-25(32)2)42-36-19-30-29(20-37(36)43-40)35(41)21-34-38(30)28-15-7-10-18-33(28)39(34)22-26-13-5-6-14-27(26)23-39/h3-4,7-12,15-21,26-27,41H,5-6,13-14,22-23H2,1-2H3. The molecule has 1 aliphatic heterocycles. The quantitative estimate of drug-likeness (QED) is 0.225. The van der Waals surface area contributed by atoms with E-state index in [1.165, 1.54) is 83.0 Å². The summed E-state index contributed by atoms with van der Waals surface area (Å²) in [6.07, 6.45) is 7.82. The van der Waals surface area contributed by atoms with Crippen molar-refractivity contribution in [1.29, 1.82) is 0 Å². The van der Waals surface area contributed by atoms with Crippen molar-refractivity contribution in [2.24, 2.45) is 11.8 Å². The molecule has 3 aliphatic carbocycles. The molecule has 4 aliphatic rings. The van der Waals surface area contributed by atoms with Gasteiger partial charge in [0.05, 0.1) is 4.90 Å². The largest absolute Gasteiger partial charge is 0.507 e. The lowest BCUT2D eigenvalue weighted by atomic mass is 9.75. The molecule has 43 heavy (non-hydrogen) atoms. The lowest BCUT2D eigenvalue weighted by Gasteiger charge is -2.31. The second-order valence-electron chi connectivity index (χ2n) is 13.5. The minimum Gasteiger partial charge on any atom is -0.507 e. The molecule has 1 N–H and O–H groups in total. The monoisotopic (exact) mass is 580 g/mol. The highest BCUT2D eigenvalue weighted by Gasteiger charge is 2.53. The molecule has 1 heterocycles. The van der Waals surface area contributed by atoms with Gasteiger partial charge in [0.25, 0.3) is 0 Å². The molecule has 0 amide bonds. The van der Waals surface area contributed by atoms with Crippen LogP contribution in [0.2, 0.25) is 0 Å². The molecule has 5 aromatic rings. The summed E-state index contributed by atoms with van der Waals surface area (Å²) in [5.74, 6) is 2.86. The van der Waals surface area contributed by atoms with Crippen molar-refractivity contribution in [1.82, 2.24) is 0 Å². The van der Waals surface area contributed by atoms with Gasteiger partial charge in [-0.25, -0.2) is 0 Å². The van der Waals surface area contributed by atoms with Crippen molar-refractivity contribution in [2.45, 2.75) is 67.6 Å². The fourth-order valence-electron chi connectivity index (χ4n) is 9.32. The molecule has 2 saturated carbocycles. The predicted molar refractivity (Wildman–Crippen MR) is 176 cm³/mol. The smallest absolute Gasteiger partial charge is 0.211 e. The third kappa shape index (κ3) is 3.49. The maximum absolute atomic E-state index is 11.8. The SMILES string of the molecule is Cc1ccccc1C1(c2ccccc2C)Oc2cc3c4c(cc(O)c3cc2S1)C1(CC2CCCCC2C1)c1ccccc1-4. The highest BCUT2D eigenvalue weighted by atomic mass is 32.2. The minimum absolute atomic E-state index is 0.00203. The van der Waals surface area contributed by atoms with Crippen molar-refractivity contribution in [3.05, 3.63) is 124 Å². The van der Waals surface area contributed by atoms with Gasteiger partial charge < -0.3 is 9.84 Å². The van der Waals surface area contributed by atoms with Crippen LogP contribution in [0.3, 0.4) is 0 Å². The topological polar surface area (TPSA) is 29.5 Å². The number of thioether (sulfide) groups is 1. The lowest BCUT2D eigenvalue weighted by Crippen LogP contribution is -2.29. The first kappa shape index (κ1) is 25.8. The summed E-state index contributed by atoms with van der Waals surface area (Å²) in [5, 5.41) is 13.8. The Balaban J connectivity index is 1.27. The van der Waals surface area contributed by atoms with Crippen LogP contribution < -0.4 is 4.74 Å². The summed E-state index contributed by atoms with van der Waals surface area (Å²) >= 11 is 1.76. The Morgan fingerprint density at radius 2 is 1.30 bits per heavy atom. The zero-order valence-corrected chi connectivity index (χ0v) is 25.6. The van der Waals surface area contributed by atoms with E-state index in [1.807, 2.05) is 0 Å². The average Bonchev–Trinajstić information content (AvgIpc) is 3.67. The number of ether oxygens (including phenoxy) is 1. The molecule has 0 radical (unpaired) electrons. The van der Waals surface area contributed by atoms with E-state index in [-0.39, 0.29) is 5.41 Å². The molecule has 0 saturated heterocycles. The molecule has 2 unspecified atom stereocenters. The van der Waals surface area contributed by atoms with Gasteiger partial charge in [-0.1, -0.05) is 110 Å². The van der Waals surface area contributed by atoms with E-state index in [0.717, 1.165) is 33.3 Å². The average molecular weight is 581 g/mol. The first-order chi connectivity index (χ1) is 21.0. The van der Waals surface area contributed by atoms with Crippen LogP contribution in [0.15, 0.2) is 95.9 Å². The fourth-order valence-corrected chi connectivity index (χ4v) is 10.8. The Hall–Kier alpha value is -3.69. The van der Waals surface area contributed by atoms with Crippen molar-refractivity contribution >= 4 is 22.5 Å². The van der Waals surface area contributed by atoms with E-state index in [2.05, 4.69) is 105 Å². The van der Waals surface area contributed by atoms with Gasteiger partial charge in [0.1, 0.15) is 11.5 Å². The number of benzene rings is 5. The van der Waals surface area contributed by atoms with Crippen LogP contribution in [0.5, 0.6) is 11.5 Å². The van der Waals surface area contributed by atoms with Crippen molar-refractivity contribution in [3.63, 3.8) is 0 Å². The molecule has 2 atom stereocenters. The summed E-state index contributed by atoms with van der Waals surface area (Å²) in [4.78, 5) is 0.372. The molecule has 214 valence electrons. The van der Waals surface area contributed by atoms with Gasteiger partial charge in [-0.2, -0.15) is 0 Å². The summed E-state index contributed by atoms with van der Waals surface area (Å²) in [6, 6.07) is 32.8. The van der Waals surface area contributed by atoms with E-state index >= 15 is 0 Å². The molecule has 2 fully saturated rings. The number of phenolic OH excluding ortho intramolecular Hbond substituents is 1. The molecule has 3 heteroatoms. The summed E-state index contributed by atoms with van der Waals surface area (Å²) < 4.78 is 7.20. The number of aromatic hydroxyl groups is 1. The molecule has 0 aromatic heterocycles. The van der Waals surface area contributed by atoms with Gasteiger partial charge in [-0.05, 0) is 95.5 Å². The van der Waals surface area contributed by atoms with Crippen LogP contribution in [0.25, 0.3) is 21.9 Å². The third-order valence-corrected chi connectivity index (χ3v) is 12.6. The van der Waals surface area contributed by atoms with E-state index in [4.69, 9.17) is 4.74 Å². The zero-order chi connectivity index (χ0) is 28.9. The molecular weight excluding hydrogens is 545 g/mol. The number of aryl methyl sites for hydroxylation is 2. The summed E-state index contributed by atoms with van der Waals surface area (Å²) in [7, 11) is 0. The Morgan fingerprint density at radius 3 is 1.95 bits per heavy atom. The van der Waals surface area contributed by atoms with E-state index in [1.54, 1.807) is 11.8 Å². The van der Waals surface area contributed by atoms with Gasteiger partial charge in [0.2, 0.25) is 4.93 Å². The zero-order valence-electron chi connectivity index (χ0n) is 24.8. The first-order valence-corrected chi connectivity index (χ1v) is 16.7. The Morgan fingerprint density at radius 1 is 0.698 bits per heavy atom. The van der Waals surface area contributed by atoms with Crippen LogP contribution in [0, 0.1) is 25.7 Å². The van der Waals surface area contributed by atoms with Crippen LogP contribution in [0.4, 0.5) is 0 Å². The van der Waals surface area contributed by atoms with Crippen molar-refractivity contribution in [3.8, 4) is 22.6 Å². The van der Waals surface area contributed by atoms with Crippen LogP contribution in [-0.4, -0.2) is 5.11 Å². The highest BCUT2D eigenvalue weighted by Crippen LogP contribution is 2.65. The molecule has 9 rings (SSSR count). The Labute approximate surface area is 258 Å². The fraction of sp³-hybridized carbons (Fsp3) is 0.300. The maximum atomic E-state index is 11.8. The number of hydrogen-bond donors (Lipinski definition) is 1. The van der Waals surface area contributed by atoms with Crippen LogP contribution >= 0.6 is 11.8 Å². The van der Waals surface area contributed by atoms with Gasteiger partial charge in [0, 0.05) is 21.9 Å². The molecule has 5 aromatic carbocycles. The van der Waals surface area contributed by atoms with E-state index in [0.29, 0.717) is 5.75 Å². The normalized spacial score (nSPS) is 24.4. The van der Waals surface area contributed by atoms with Gasteiger partial charge in [-0.3, -0.25) is 0 Å². The molecular formula is C40H36O2S. The molecule has 1 spiro atoms. The molecule has 2 nitrogen and oxygen atoms in total. The lowest BCUT2D eigenvalue weighted by molar-refractivity contribution is 0.217. The highest BCUT2D eigenvalue weighted by molar-refractivity contribution is 8.00. The Kier molecular flexibility index (Phi) is 5.49. The Bertz CT molecular complexity index is 1900. The molecule has 0 bridgehead atoms. The van der Waals surface area contributed by atoms with E-state index in [9.17, 15) is 5.11 Å². The van der Waals surface area contributed by atoms with Gasteiger partial charge >= 0.3 is 0 Å². The predicted octanol–water partition coefficient (Wildman–Crippen LogP) is 10.4. The maximum Gasteiger partial charge on any atom is 0.211 e.